The lowest BCUT2D eigenvalue weighted by molar-refractivity contribution is -0.137. The van der Waals surface area contributed by atoms with Gasteiger partial charge in [-0.05, 0) is 62.2 Å². The van der Waals surface area contributed by atoms with Gasteiger partial charge in [0.1, 0.15) is 5.82 Å². The van der Waals surface area contributed by atoms with Gasteiger partial charge in [0.2, 0.25) is 0 Å². The summed E-state index contributed by atoms with van der Waals surface area (Å²) in [6.07, 6.45) is -2.72. The summed E-state index contributed by atoms with van der Waals surface area (Å²) in [4.78, 5) is 2.08. The average Bonchev–Trinajstić information content (AvgIpc) is 2.44. The number of halogens is 4. The fourth-order valence-corrected chi connectivity index (χ4v) is 3.18. The Bertz CT molecular complexity index is 475. The van der Waals surface area contributed by atoms with E-state index in [4.69, 9.17) is 5.73 Å². The second-order valence-electron chi connectivity index (χ2n) is 5.48. The lowest BCUT2D eigenvalue weighted by Crippen LogP contribution is -2.41. The molecule has 0 radical (unpaired) electrons. The predicted molar refractivity (Wildman–Crippen MR) is 73.2 cm³/mol. The first-order valence-corrected chi connectivity index (χ1v) is 7.18. The van der Waals surface area contributed by atoms with Crippen molar-refractivity contribution < 1.29 is 17.6 Å². The van der Waals surface area contributed by atoms with Gasteiger partial charge in [-0.3, -0.25) is 4.90 Å². The van der Waals surface area contributed by atoms with E-state index in [1.807, 2.05) is 6.92 Å². The minimum absolute atomic E-state index is 0.0570. The van der Waals surface area contributed by atoms with E-state index in [0.717, 1.165) is 25.5 Å². The number of hydrogen-bond acceptors (Lipinski definition) is 2. The predicted octanol–water partition coefficient (Wildman–Crippen LogP) is 3.58. The molecule has 1 saturated heterocycles. The molecule has 0 aliphatic carbocycles. The monoisotopic (exact) mass is 304 g/mol. The molecule has 0 saturated carbocycles. The highest BCUT2D eigenvalue weighted by molar-refractivity contribution is 5.30. The van der Waals surface area contributed by atoms with Gasteiger partial charge in [-0.25, -0.2) is 4.39 Å². The highest BCUT2D eigenvalue weighted by Gasteiger charge is 2.35. The highest BCUT2D eigenvalue weighted by Crippen LogP contribution is 2.38. The van der Waals surface area contributed by atoms with Crippen molar-refractivity contribution in [1.29, 1.82) is 0 Å². The van der Waals surface area contributed by atoms with Crippen LogP contribution in [-0.2, 0) is 6.18 Å². The molecule has 0 spiro atoms. The molecule has 1 aliphatic rings. The van der Waals surface area contributed by atoms with Crippen molar-refractivity contribution in [3.63, 3.8) is 0 Å². The van der Waals surface area contributed by atoms with Crippen LogP contribution in [-0.4, -0.2) is 24.5 Å². The second kappa shape index (κ2) is 6.32. The zero-order chi connectivity index (χ0) is 15.6. The van der Waals surface area contributed by atoms with Gasteiger partial charge < -0.3 is 5.73 Å². The van der Waals surface area contributed by atoms with E-state index in [0.29, 0.717) is 24.7 Å². The summed E-state index contributed by atoms with van der Waals surface area (Å²) in [5.74, 6) is -0.793. The van der Waals surface area contributed by atoms with Gasteiger partial charge in [-0.2, -0.15) is 13.2 Å². The zero-order valence-corrected chi connectivity index (χ0v) is 12.0. The second-order valence-corrected chi connectivity index (χ2v) is 5.48. The van der Waals surface area contributed by atoms with Crippen molar-refractivity contribution in [2.75, 3.05) is 19.6 Å². The van der Waals surface area contributed by atoms with E-state index < -0.39 is 17.6 Å². The van der Waals surface area contributed by atoms with Gasteiger partial charge in [-0.15, -0.1) is 0 Å². The highest BCUT2D eigenvalue weighted by atomic mass is 19.4. The number of likely N-dealkylation sites (tertiary alicyclic amines) is 1. The third-order valence-corrected chi connectivity index (χ3v) is 4.16. The maximum Gasteiger partial charge on any atom is 0.416 e. The molecule has 1 fully saturated rings. The van der Waals surface area contributed by atoms with Gasteiger partial charge in [0.15, 0.2) is 0 Å². The Hall–Kier alpha value is -1.14. The van der Waals surface area contributed by atoms with Gasteiger partial charge in [0, 0.05) is 6.04 Å². The molecule has 6 heteroatoms. The summed E-state index contributed by atoms with van der Waals surface area (Å²) in [6, 6.07) is 2.56. The summed E-state index contributed by atoms with van der Waals surface area (Å²) in [6.45, 7) is 3.85. The zero-order valence-electron chi connectivity index (χ0n) is 12.0. The van der Waals surface area contributed by atoms with Crippen LogP contribution in [0.25, 0.3) is 0 Å². The Morgan fingerprint density at radius 1 is 1.29 bits per heavy atom. The summed E-state index contributed by atoms with van der Waals surface area (Å²) >= 11 is 0. The summed E-state index contributed by atoms with van der Waals surface area (Å²) < 4.78 is 52.2. The van der Waals surface area contributed by atoms with Gasteiger partial charge in [0.05, 0.1) is 5.56 Å². The number of alkyl halides is 3. The minimum Gasteiger partial charge on any atom is -0.330 e. The molecule has 2 unspecified atom stereocenters. The Kier molecular flexibility index (Phi) is 4.88. The number of benzene rings is 1. The first-order valence-electron chi connectivity index (χ1n) is 7.18. The van der Waals surface area contributed by atoms with E-state index >= 15 is 0 Å². The van der Waals surface area contributed by atoms with Crippen LogP contribution in [0.5, 0.6) is 0 Å². The van der Waals surface area contributed by atoms with Crippen LogP contribution >= 0.6 is 0 Å². The van der Waals surface area contributed by atoms with Gasteiger partial charge in [0.25, 0.3) is 0 Å². The molecule has 2 atom stereocenters. The first kappa shape index (κ1) is 16.2. The van der Waals surface area contributed by atoms with E-state index in [1.165, 1.54) is 6.07 Å². The van der Waals surface area contributed by atoms with Crippen LogP contribution in [0.15, 0.2) is 18.2 Å². The summed E-state index contributed by atoms with van der Waals surface area (Å²) in [5, 5.41) is 0. The number of nitrogens with two attached hydrogens (primary N) is 1. The lowest BCUT2D eigenvalue weighted by Gasteiger charge is -2.41. The smallest absolute Gasteiger partial charge is 0.330 e. The molecule has 1 aliphatic heterocycles. The number of nitrogens with zero attached hydrogens (tertiary/aromatic N) is 1. The standard InChI is InChI=1S/C15H20F4N2/c1-2-21-5-3-4-10(9-20)14(21)11-6-12(15(17,18)19)8-13(16)7-11/h6-8,10,14H,2-5,9,20H2,1H3. The van der Waals surface area contributed by atoms with E-state index in [9.17, 15) is 17.6 Å². The topological polar surface area (TPSA) is 29.3 Å². The van der Waals surface area contributed by atoms with Crippen LogP contribution < -0.4 is 5.73 Å². The quantitative estimate of drug-likeness (QED) is 0.865. The Morgan fingerprint density at radius 3 is 2.57 bits per heavy atom. The molecule has 0 amide bonds. The maximum absolute atomic E-state index is 13.6. The fraction of sp³-hybridized carbons (Fsp3) is 0.600. The van der Waals surface area contributed by atoms with E-state index in [-0.39, 0.29) is 12.0 Å². The third-order valence-electron chi connectivity index (χ3n) is 4.16. The Labute approximate surface area is 121 Å². The SMILES string of the molecule is CCN1CCCC(CN)C1c1cc(F)cc(C(F)(F)F)c1. The number of piperidine rings is 1. The normalized spacial score (nSPS) is 24.3. The molecular weight excluding hydrogens is 284 g/mol. The first-order chi connectivity index (χ1) is 9.86. The molecule has 2 N–H and O–H groups in total. The minimum atomic E-state index is -4.54. The van der Waals surface area contributed by atoms with Crippen molar-refractivity contribution in [3.05, 3.63) is 35.1 Å². The van der Waals surface area contributed by atoms with Crippen LogP contribution in [0.2, 0.25) is 0 Å². The molecule has 2 rings (SSSR count). The molecule has 1 aromatic rings. The van der Waals surface area contributed by atoms with E-state index in [1.54, 1.807) is 0 Å². The Balaban J connectivity index is 2.44. The van der Waals surface area contributed by atoms with Gasteiger partial charge >= 0.3 is 6.18 Å². The molecule has 118 valence electrons. The molecule has 0 aromatic heterocycles. The van der Waals surface area contributed by atoms with Crippen molar-refractivity contribution in [1.82, 2.24) is 4.90 Å². The molecule has 0 bridgehead atoms. The van der Waals surface area contributed by atoms with Gasteiger partial charge in [-0.1, -0.05) is 6.92 Å². The van der Waals surface area contributed by atoms with Crippen molar-refractivity contribution >= 4 is 0 Å². The maximum atomic E-state index is 13.6. The summed E-state index contributed by atoms with van der Waals surface area (Å²) in [7, 11) is 0. The molecular formula is C15H20F4N2. The lowest BCUT2D eigenvalue weighted by atomic mass is 9.84. The largest absolute Gasteiger partial charge is 0.416 e. The van der Waals surface area contributed by atoms with Crippen molar-refractivity contribution in [2.45, 2.75) is 32.0 Å². The molecule has 2 nitrogen and oxygen atoms in total. The fourth-order valence-electron chi connectivity index (χ4n) is 3.18. The summed E-state index contributed by atoms with van der Waals surface area (Å²) in [5.41, 5.74) is 5.21. The van der Waals surface area contributed by atoms with Crippen LogP contribution in [0, 0.1) is 11.7 Å². The number of rotatable bonds is 3. The molecule has 1 aromatic carbocycles. The number of hydrogen-bond donors (Lipinski definition) is 1. The van der Waals surface area contributed by atoms with E-state index in [2.05, 4.69) is 4.90 Å². The average molecular weight is 304 g/mol. The molecule has 1 heterocycles. The Morgan fingerprint density at radius 2 is 2.00 bits per heavy atom. The van der Waals surface area contributed by atoms with Crippen LogP contribution in [0.1, 0.15) is 36.9 Å². The van der Waals surface area contributed by atoms with Crippen molar-refractivity contribution in [3.8, 4) is 0 Å². The third kappa shape index (κ3) is 3.55. The van der Waals surface area contributed by atoms with Crippen LogP contribution in [0.3, 0.4) is 0 Å². The van der Waals surface area contributed by atoms with Crippen LogP contribution in [0.4, 0.5) is 17.6 Å². The molecule has 21 heavy (non-hydrogen) atoms. The van der Waals surface area contributed by atoms with Crippen molar-refractivity contribution in [2.24, 2.45) is 11.7 Å².